The van der Waals surface area contributed by atoms with Gasteiger partial charge in [-0.2, -0.15) is 0 Å². The highest BCUT2D eigenvalue weighted by Crippen LogP contribution is 2.35. The van der Waals surface area contributed by atoms with Gasteiger partial charge >= 0.3 is 0 Å². The van der Waals surface area contributed by atoms with Gasteiger partial charge in [0.1, 0.15) is 5.82 Å². The Balaban J connectivity index is 1.99. The molecule has 0 aliphatic carbocycles. The van der Waals surface area contributed by atoms with E-state index in [2.05, 4.69) is 9.97 Å². The van der Waals surface area contributed by atoms with Gasteiger partial charge in [-0.25, -0.2) is 14.4 Å². The fraction of sp³-hybridized carbons (Fsp3) is 0.375. The zero-order valence-corrected chi connectivity index (χ0v) is 12.1. The summed E-state index contributed by atoms with van der Waals surface area (Å²) in [6.45, 7) is 4.30. The zero-order chi connectivity index (χ0) is 15.0. The predicted octanol–water partition coefficient (Wildman–Crippen LogP) is 2.54. The van der Waals surface area contributed by atoms with Crippen molar-refractivity contribution in [2.24, 2.45) is 0 Å². The third-order valence-electron chi connectivity index (χ3n) is 3.74. The molecule has 0 saturated carbocycles. The van der Waals surface area contributed by atoms with Gasteiger partial charge in [-0.1, -0.05) is 12.1 Å². The van der Waals surface area contributed by atoms with Crippen LogP contribution in [0.25, 0.3) is 0 Å². The summed E-state index contributed by atoms with van der Waals surface area (Å²) in [5.74, 6) is 0.327. The highest BCUT2D eigenvalue weighted by molar-refractivity contribution is 5.40. The maximum Gasteiger partial charge on any atom is 0.226 e. The molecule has 1 saturated heterocycles. The van der Waals surface area contributed by atoms with Crippen molar-refractivity contribution in [2.75, 3.05) is 11.4 Å². The molecule has 1 aromatic carbocycles. The van der Waals surface area contributed by atoms with Crippen LogP contribution in [0.4, 0.5) is 10.3 Å². The summed E-state index contributed by atoms with van der Waals surface area (Å²) in [7, 11) is 0. The Morgan fingerprint density at radius 1 is 1.19 bits per heavy atom. The molecule has 1 aromatic heterocycles. The van der Waals surface area contributed by atoms with Crippen LogP contribution in [0.3, 0.4) is 0 Å². The molecule has 3 rings (SSSR count). The zero-order valence-electron chi connectivity index (χ0n) is 12.1. The molecule has 0 amide bonds. The third kappa shape index (κ3) is 2.88. The number of aliphatic hydroxyl groups is 1. The molecule has 5 heteroatoms. The van der Waals surface area contributed by atoms with Crippen LogP contribution >= 0.6 is 0 Å². The van der Waals surface area contributed by atoms with Crippen molar-refractivity contribution >= 4 is 5.95 Å². The topological polar surface area (TPSA) is 49.2 Å². The van der Waals surface area contributed by atoms with E-state index in [-0.39, 0.29) is 11.9 Å². The average molecular weight is 287 g/mol. The van der Waals surface area contributed by atoms with Gasteiger partial charge < -0.3 is 10.0 Å². The SMILES string of the molecule is Cc1cc(C)nc(N2C[C@H](O)C[C@@H]2c2cccc(F)c2)n1. The van der Waals surface area contributed by atoms with Crippen molar-refractivity contribution < 1.29 is 9.50 Å². The number of rotatable bonds is 2. The molecule has 2 atom stereocenters. The maximum absolute atomic E-state index is 13.5. The van der Waals surface area contributed by atoms with Crippen molar-refractivity contribution in [2.45, 2.75) is 32.4 Å². The molecule has 4 nitrogen and oxygen atoms in total. The maximum atomic E-state index is 13.5. The van der Waals surface area contributed by atoms with E-state index < -0.39 is 6.10 Å². The number of hydrogen-bond donors (Lipinski definition) is 1. The number of aromatic nitrogens is 2. The van der Waals surface area contributed by atoms with Crippen LogP contribution < -0.4 is 4.90 Å². The number of anilines is 1. The Morgan fingerprint density at radius 2 is 1.90 bits per heavy atom. The Kier molecular flexibility index (Phi) is 3.59. The summed E-state index contributed by atoms with van der Waals surface area (Å²) in [5, 5.41) is 10.0. The summed E-state index contributed by atoms with van der Waals surface area (Å²) in [5.41, 5.74) is 2.61. The second kappa shape index (κ2) is 5.41. The molecule has 1 aliphatic rings. The summed E-state index contributed by atoms with van der Waals surface area (Å²) in [4.78, 5) is 10.9. The quantitative estimate of drug-likeness (QED) is 0.922. The van der Waals surface area contributed by atoms with Crippen molar-refractivity contribution in [1.29, 1.82) is 0 Å². The molecule has 0 radical (unpaired) electrons. The number of benzene rings is 1. The first-order valence-corrected chi connectivity index (χ1v) is 7.05. The number of nitrogens with zero attached hydrogens (tertiary/aromatic N) is 3. The highest BCUT2D eigenvalue weighted by atomic mass is 19.1. The van der Waals surface area contributed by atoms with Gasteiger partial charge in [0, 0.05) is 17.9 Å². The standard InChI is InChI=1S/C16H18FN3O/c1-10-6-11(2)19-16(18-10)20-9-14(21)8-15(20)12-4-3-5-13(17)7-12/h3-7,14-15,21H,8-9H2,1-2H3/t14-,15-/m1/s1. The number of hydrogen-bond acceptors (Lipinski definition) is 4. The van der Waals surface area contributed by atoms with Gasteiger partial charge in [0.05, 0.1) is 12.1 Å². The van der Waals surface area contributed by atoms with Gasteiger partial charge in [0.25, 0.3) is 0 Å². The molecule has 0 unspecified atom stereocenters. The van der Waals surface area contributed by atoms with E-state index in [1.165, 1.54) is 12.1 Å². The largest absolute Gasteiger partial charge is 0.391 e. The van der Waals surface area contributed by atoms with Crippen molar-refractivity contribution in [3.05, 3.63) is 53.1 Å². The van der Waals surface area contributed by atoms with Gasteiger partial charge in [-0.15, -0.1) is 0 Å². The molecular formula is C16H18FN3O. The summed E-state index contributed by atoms with van der Waals surface area (Å²) in [6, 6.07) is 8.31. The lowest BCUT2D eigenvalue weighted by molar-refractivity contribution is 0.194. The van der Waals surface area contributed by atoms with Crippen molar-refractivity contribution in [3.8, 4) is 0 Å². The molecular weight excluding hydrogens is 269 g/mol. The average Bonchev–Trinajstić information content (AvgIpc) is 2.80. The Bertz CT molecular complexity index is 641. The Hall–Kier alpha value is -2.01. The molecule has 110 valence electrons. The molecule has 2 aromatic rings. The Morgan fingerprint density at radius 3 is 2.57 bits per heavy atom. The molecule has 0 spiro atoms. The first kappa shape index (κ1) is 13.9. The van der Waals surface area contributed by atoms with E-state index in [0.29, 0.717) is 18.9 Å². The normalized spacial score (nSPS) is 21.8. The predicted molar refractivity (Wildman–Crippen MR) is 78.6 cm³/mol. The number of halogens is 1. The van der Waals surface area contributed by atoms with Gasteiger partial charge in [-0.3, -0.25) is 0 Å². The summed E-state index contributed by atoms with van der Waals surface area (Å²) < 4.78 is 13.5. The molecule has 2 heterocycles. The number of aliphatic hydroxyl groups excluding tert-OH is 1. The van der Waals surface area contributed by atoms with E-state index in [0.717, 1.165) is 17.0 Å². The van der Waals surface area contributed by atoms with E-state index in [9.17, 15) is 9.50 Å². The number of β-amino-alcohol motifs (C(OH)–C–C–N with tert-alkyl or cyclic N) is 1. The first-order chi connectivity index (χ1) is 10.0. The molecule has 1 fully saturated rings. The van der Waals surface area contributed by atoms with Crippen LogP contribution in [0.1, 0.15) is 29.4 Å². The minimum Gasteiger partial charge on any atom is -0.391 e. The van der Waals surface area contributed by atoms with Crippen LogP contribution in [0.5, 0.6) is 0 Å². The minimum absolute atomic E-state index is 0.100. The van der Waals surface area contributed by atoms with Crippen LogP contribution in [-0.2, 0) is 0 Å². The van der Waals surface area contributed by atoms with E-state index in [1.807, 2.05) is 30.9 Å². The lowest BCUT2D eigenvalue weighted by Crippen LogP contribution is -2.26. The summed E-state index contributed by atoms with van der Waals surface area (Å²) >= 11 is 0. The molecule has 21 heavy (non-hydrogen) atoms. The van der Waals surface area contributed by atoms with Crippen LogP contribution in [0.15, 0.2) is 30.3 Å². The Labute approximate surface area is 123 Å². The monoisotopic (exact) mass is 287 g/mol. The van der Waals surface area contributed by atoms with E-state index in [1.54, 1.807) is 6.07 Å². The van der Waals surface area contributed by atoms with Gasteiger partial charge in [0.2, 0.25) is 5.95 Å². The number of aryl methyl sites for hydroxylation is 2. The first-order valence-electron chi connectivity index (χ1n) is 7.05. The van der Waals surface area contributed by atoms with E-state index in [4.69, 9.17) is 0 Å². The van der Waals surface area contributed by atoms with E-state index >= 15 is 0 Å². The smallest absolute Gasteiger partial charge is 0.226 e. The van der Waals surface area contributed by atoms with Crippen LogP contribution in [-0.4, -0.2) is 27.7 Å². The van der Waals surface area contributed by atoms with Crippen molar-refractivity contribution in [3.63, 3.8) is 0 Å². The summed E-state index contributed by atoms with van der Waals surface area (Å²) in [6.07, 6.45) is 0.0995. The van der Waals surface area contributed by atoms with Crippen molar-refractivity contribution in [1.82, 2.24) is 9.97 Å². The fourth-order valence-electron chi connectivity index (χ4n) is 2.90. The van der Waals surface area contributed by atoms with Gasteiger partial charge in [-0.05, 0) is 44.0 Å². The van der Waals surface area contributed by atoms with Gasteiger partial charge in [0.15, 0.2) is 0 Å². The molecule has 1 N–H and O–H groups in total. The fourth-order valence-corrected chi connectivity index (χ4v) is 2.90. The highest BCUT2D eigenvalue weighted by Gasteiger charge is 2.34. The molecule has 1 aliphatic heterocycles. The van der Waals surface area contributed by atoms with Crippen LogP contribution in [0.2, 0.25) is 0 Å². The van der Waals surface area contributed by atoms with Crippen LogP contribution in [0, 0.1) is 19.7 Å². The second-order valence-electron chi connectivity index (χ2n) is 5.56. The third-order valence-corrected chi connectivity index (χ3v) is 3.74. The lowest BCUT2D eigenvalue weighted by atomic mass is 10.0. The second-order valence-corrected chi connectivity index (χ2v) is 5.56. The lowest BCUT2D eigenvalue weighted by Gasteiger charge is -2.25. The molecule has 0 bridgehead atoms. The minimum atomic E-state index is -0.456.